The Labute approximate surface area is 110 Å². The molecule has 0 aromatic heterocycles. The van der Waals surface area contributed by atoms with Gasteiger partial charge in [0.05, 0.1) is 7.11 Å². The van der Waals surface area contributed by atoms with Crippen molar-refractivity contribution in [3.05, 3.63) is 35.4 Å². The molecular formula is C16H23NO. The molecule has 1 heterocycles. The molecule has 1 fully saturated rings. The van der Waals surface area contributed by atoms with Gasteiger partial charge in [-0.15, -0.1) is 0 Å². The maximum absolute atomic E-state index is 5.35. The predicted octanol–water partition coefficient (Wildman–Crippen LogP) is 3.36. The Hall–Kier alpha value is -1.28. The Morgan fingerprint density at radius 3 is 2.67 bits per heavy atom. The Morgan fingerprint density at radius 1 is 1.28 bits per heavy atom. The Morgan fingerprint density at radius 2 is 2.00 bits per heavy atom. The first-order chi connectivity index (χ1) is 8.69. The highest BCUT2D eigenvalue weighted by atomic mass is 16.5. The molecule has 2 nitrogen and oxygen atoms in total. The lowest BCUT2D eigenvalue weighted by molar-refractivity contribution is 0.244. The number of methoxy groups -OCH3 is 1. The van der Waals surface area contributed by atoms with Crippen molar-refractivity contribution in [2.45, 2.75) is 19.8 Å². The number of piperidine rings is 1. The van der Waals surface area contributed by atoms with E-state index in [0.717, 1.165) is 11.7 Å². The second-order valence-corrected chi connectivity index (χ2v) is 5.23. The fourth-order valence-electron chi connectivity index (χ4n) is 2.41. The van der Waals surface area contributed by atoms with Crippen LogP contribution in [0.4, 0.5) is 0 Å². The molecule has 1 aliphatic heterocycles. The molecule has 0 amide bonds. The van der Waals surface area contributed by atoms with Gasteiger partial charge < -0.3 is 9.64 Å². The van der Waals surface area contributed by atoms with Crippen molar-refractivity contribution in [3.8, 4) is 5.75 Å². The van der Waals surface area contributed by atoms with Crippen LogP contribution < -0.4 is 4.74 Å². The van der Waals surface area contributed by atoms with Crippen molar-refractivity contribution in [2.24, 2.45) is 5.92 Å². The normalized spacial score (nSPS) is 18.4. The highest BCUT2D eigenvalue weighted by Crippen LogP contribution is 2.22. The molecule has 0 bridgehead atoms. The maximum atomic E-state index is 5.35. The number of allylic oxidation sites excluding steroid dienone is 1. The average molecular weight is 245 g/mol. The first-order valence-corrected chi connectivity index (χ1v) is 6.70. The zero-order chi connectivity index (χ0) is 13.0. The molecule has 1 saturated heterocycles. The van der Waals surface area contributed by atoms with Crippen LogP contribution in [0.25, 0.3) is 6.08 Å². The molecule has 98 valence electrons. The van der Waals surface area contributed by atoms with Crippen LogP contribution in [0.2, 0.25) is 0 Å². The van der Waals surface area contributed by atoms with Gasteiger partial charge in [0.15, 0.2) is 0 Å². The van der Waals surface area contributed by atoms with E-state index in [1.807, 2.05) is 0 Å². The van der Waals surface area contributed by atoms with Gasteiger partial charge in [0, 0.05) is 0 Å². The van der Waals surface area contributed by atoms with E-state index < -0.39 is 0 Å². The molecule has 0 atom stereocenters. The van der Waals surface area contributed by atoms with Crippen LogP contribution in [-0.4, -0.2) is 32.1 Å². The third-order valence-electron chi connectivity index (χ3n) is 3.76. The number of benzene rings is 1. The predicted molar refractivity (Wildman–Crippen MR) is 77.0 cm³/mol. The van der Waals surface area contributed by atoms with E-state index in [2.05, 4.69) is 49.2 Å². The fraction of sp³-hybridized carbons (Fsp3) is 0.500. The smallest absolute Gasteiger partial charge is 0.122 e. The summed E-state index contributed by atoms with van der Waals surface area (Å²) in [5, 5.41) is 0. The van der Waals surface area contributed by atoms with E-state index in [0.29, 0.717) is 0 Å². The van der Waals surface area contributed by atoms with Gasteiger partial charge in [0.1, 0.15) is 5.75 Å². The van der Waals surface area contributed by atoms with Gasteiger partial charge in [-0.3, -0.25) is 0 Å². The van der Waals surface area contributed by atoms with Crippen molar-refractivity contribution in [1.82, 2.24) is 4.90 Å². The first kappa shape index (κ1) is 13.2. The van der Waals surface area contributed by atoms with Crippen LogP contribution in [0, 0.1) is 12.8 Å². The van der Waals surface area contributed by atoms with Crippen LogP contribution in [0.3, 0.4) is 0 Å². The lowest BCUT2D eigenvalue weighted by atomic mass is 9.96. The van der Waals surface area contributed by atoms with E-state index in [1.165, 1.54) is 37.1 Å². The van der Waals surface area contributed by atoms with Crippen LogP contribution >= 0.6 is 0 Å². The molecule has 0 spiro atoms. The van der Waals surface area contributed by atoms with E-state index in [1.54, 1.807) is 7.11 Å². The second kappa shape index (κ2) is 6.05. The summed E-state index contributed by atoms with van der Waals surface area (Å²) in [6.45, 7) is 4.50. The highest BCUT2D eigenvalue weighted by Gasteiger charge is 2.13. The summed E-state index contributed by atoms with van der Waals surface area (Å²) in [4.78, 5) is 2.40. The number of hydrogen-bond acceptors (Lipinski definition) is 2. The number of likely N-dealkylation sites (tertiary alicyclic amines) is 1. The van der Waals surface area contributed by atoms with E-state index in [9.17, 15) is 0 Å². The molecule has 18 heavy (non-hydrogen) atoms. The lowest BCUT2D eigenvalue weighted by Crippen LogP contribution is -2.29. The largest absolute Gasteiger partial charge is 0.496 e. The van der Waals surface area contributed by atoms with Crippen LogP contribution in [0.1, 0.15) is 24.0 Å². The van der Waals surface area contributed by atoms with E-state index >= 15 is 0 Å². The summed E-state index contributed by atoms with van der Waals surface area (Å²) in [5.74, 6) is 1.70. The van der Waals surface area contributed by atoms with Crippen molar-refractivity contribution < 1.29 is 4.74 Å². The Kier molecular flexibility index (Phi) is 4.43. The molecule has 1 aromatic rings. The zero-order valence-electron chi connectivity index (χ0n) is 11.6. The lowest BCUT2D eigenvalue weighted by Gasteiger charge is -2.26. The van der Waals surface area contributed by atoms with Crippen molar-refractivity contribution in [3.63, 3.8) is 0 Å². The summed E-state index contributed by atoms with van der Waals surface area (Å²) >= 11 is 0. The summed E-state index contributed by atoms with van der Waals surface area (Å²) in [6.07, 6.45) is 7.14. The molecule has 2 rings (SSSR count). The third kappa shape index (κ3) is 3.36. The molecule has 1 aliphatic rings. The zero-order valence-corrected chi connectivity index (χ0v) is 11.6. The molecule has 0 aliphatic carbocycles. The minimum absolute atomic E-state index is 0.730. The topological polar surface area (TPSA) is 12.5 Å². The monoisotopic (exact) mass is 245 g/mol. The molecule has 2 heteroatoms. The van der Waals surface area contributed by atoms with Gasteiger partial charge >= 0.3 is 0 Å². The minimum Gasteiger partial charge on any atom is -0.496 e. The van der Waals surface area contributed by atoms with Crippen molar-refractivity contribution in [2.75, 3.05) is 27.2 Å². The number of aryl methyl sites for hydroxylation is 1. The summed E-state index contributed by atoms with van der Waals surface area (Å²) < 4.78 is 5.35. The minimum atomic E-state index is 0.730. The molecule has 1 aromatic carbocycles. The van der Waals surface area contributed by atoms with Crippen molar-refractivity contribution >= 4 is 6.08 Å². The van der Waals surface area contributed by atoms with Crippen LogP contribution in [0.15, 0.2) is 24.3 Å². The van der Waals surface area contributed by atoms with Gasteiger partial charge in [0.2, 0.25) is 0 Å². The molecular weight excluding hydrogens is 222 g/mol. The fourth-order valence-corrected chi connectivity index (χ4v) is 2.41. The van der Waals surface area contributed by atoms with E-state index in [4.69, 9.17) is 4.74 Å². The molecule has 0 radical (unpaired) electrons. The number of nitrogens with zero attached hydrogens (tertiary/aromatic N) is 1. The van der Waals surface area contributed by atoms with Crippen LogP contribution in [0.5, 0.6) is 5.75 Å². The van der Waals surface area contributed by atoms with Crippen molar-refractivity contribution in [1.29, 1.82) is 0 Å². The van der Waals surface area contributed by atoms with Gasteiger partial charge in [-0.05, 0) is 63.0 Å². The summed E-state index contributed by atoms with van der Waals surface area (Å²) in [7, 11) is 3.93. The van der Waals surface area contributed by atoms with Gasteiger partial charge in [-0.25, -0.2) is 0 Å². The second-order valence-electron chi connectivity index (χ2n) is 5.23. The summed E-state index contributed by atoms with van der Waals surface area (Å²) in [6, 6.07) is 6.39. The van der Waals surface area contributed by atoms with Gasteiger partial charge in [-0.1, -0.05) is 24.3 Å². The summed E-state index contributed by atoms with van der Waals surface area (Å²) in [5.41, 5.74) is 2.42. The van der Waals surface area contributed by atoms with Gasteiger partial charge in [-0.2, -0.15) is 0 Å². The Balaban J connectivity index is 2.00. The molecule has 0 unspecified atom stereocenters. The maximum Gasteiger partial charge on any atom is 0.122 e. The van der Waals surface area contributed by atoms with Crippen LogP contribution in [-0.2, 0) is 0 Å². The van der Waals surface area contributed by atoms with E-state index in [-0.39, 0.29) is 0 Å². The molecule has 0 saturated carbocycles. The third-order valence-corrected chi connectivity index (χ3v) is 3.76. The highest BCUT2D eigenvalue weighted by molar-refractivity contribution is 5.53. The first-order valence-electron chi connectivity index (χ1n) is 6.70. The number of hydrogen-bond donors (Lipinski definition) is 0. The number of ether oxygens (including phenoxy) is 1. The van der Waals surface area contributed by atoms with Gasteiger partial charge in [0.25, 0.3) is 0 Å². The SMILES string of the molecule is COc1cc(C=CC2CCN(C)CC2)ccc1C. The number of rotatable bonds is 3. The Bertz CT molecular complexity index is 417. The standard InChI is InChI=1S/C16H23NO/c1-13-4-5-15(12-16(13)18-3)7-6-14-8-10-17(2)11-9-14/h4-7,12,14H,8-11H2,1-3H3. The average Bonchev–Trinajstić information content (AvgIpc) is 2.39. The quantitative estimate of drug-likeness (QED) is 0.809. The molecule has 0 N–H and O–H groups in total.